The Kier molecular flexibility index (Phi) is 18.9. The summed E-state index contributed by atoms with van der Waals surface area (Å²) in [6.45, 7) is 37.4. The highest BCUT2D eigenvalue weighted by Gasteiger charge is 2.56. The minimum absolute atomic E-state index is 0.101. The van der Waals surface area contributed by atoms with E-state index >= 15 is 19.2 Å². The molecule has 4 heterocycles. The van der Waals surface area contributed by atoms with Crippen LogP contribution >= 0.6 is 15.8 Å². The third kappa shape index (κ3) is 13.0. The molecule has 5 aromatic rings. The number of rotatable bonds is 14. The zero-order chi connectivity index (χ0) is 60.8. The summed E-state index contributed by atoms with van der Waals surface area (Å²) in [6.07, 6.45) is 3.91. The van der Waals surface area contributed by atoms with Gasteiger partial charge in [-0.15, -0.1) is 0 Å². The van der Waals surface area contributed by atoms with Gasteiger partial charge >= 0.3 is 0 Å². The molecule has 4 fully saturated rings. The van der Waals surface area contributed by atoms with E-state index in [-0.39, 0.29) is 92.6 Å². The Hall–Kier alpha value is -5.32. The Morgan fingerprint density at radius 2 is 0.536 bits per heavy atom. The second-order valence-corrected chi connectivity index (χ2v) is 33.0. The smallest absolute Gasteiger partial charge is 0.251 e. The molecule has 0 saturated carbocycles. The van der Waals surface area contributed by atoms with E-state index in [1.54, 1.807) is 0 Å². The number of carbonyl (C=O) groups is 4. The number of carbonyl (C=O) groups excluding carboxylic acids is 4. The topological polar surface area (TPSA) is 129 Å². The van der Waals surface area contributed by atoms with Crippen molar-refractivity contribution in [2.45, 2.75) is 184 Å². The van der Waals surface area contributed by atoms with E-state index in [4.69, 9.17) is 0 Å². The van der Waals surface area contributed by atoms with Crippen molar-refractivity contribution in [3.63, 3.8) is 0 Å². The predicted molar refractivity (Wildman–Crippen MR) is 347 cm³/mol. The van der Waals surface area contributed by atoms with Gasteiger partial charge in [-0.05, 0) is 148 Å². The third-order valence-corrected chi connectivity index (χ3v) is 25.2. The van der Waals surface area contributed by atoms with E-state index in [1.807, 2.05) is 48.5 Å². The number of fused-ring (bicyclic) bond motifs is 2. The average molecular weight is 1180 g/mol. The van der Waals surface area contributed by atoms with Crippen LogP contribution in [0.4, 0.5) is 0 Å². The molecule has 84 heavy (non-hydrogen) atoms. The molecule has 4 aliphatic rings. The van der Waals surface area contributed by atoms with E-state index in [0.29, 0.717) is 22.3 Å². The van der Waals surface area contributed by atoms with Gasteiger partial charge in [-0.3, -0.25) is 19.2 Å². The summed E-state index contributed by atoms with van der Waals surface area (Å²) >= 11 is 0. The zero-order valence-electron chi connectivity index (χ0n) is 53.1. The quantitative estimate of drug-likeness (QED) is 0.0809. The maximum absolute atomic E-state index is 15.1. The molecule has 5 aromatic carbocycles. The standard InChI is InChI=1S/C70H96N8O4P2/c1-45(67(5,6)7)71-59(79)49-31-17-21-35-53(49)63-75-41-27-28-42-76(75)64(54-36-22-18-32-50(54)60(80)72-46(2)68(8,9)10)83(63)57-39-25-26-40-58(57)84-65(55-37-23-19-33-51(55)61(81)73-47(3)69(11,12)13)77-43-29-30-44-78(77)66(84)56-38-24-20-34-52(56)62(82)74-48(4)70(14,15)16/h17-26,31-40,45-48,63-66H,27-30,41-44H2,1-16H3,(H,71,79)(H,72,80)(H,73,81)(H,74,82). The Morgan fingerprint density at radius 1 is 0.345 bits per heavy atom. The maximum atomic E-state index is 15.1. The fourth-order valence-electron chi connectivity index (χ4n) is 11.9. The lowest BCUT2D eigenvalue weighted by Crippen LogP contribution is -2.45. The van der Waals surface area contributed by atoms with E-state index < -0.39 is 15.8 Å². The van der Waals surface area contributed by atoms with Crippen LogP contribution in [0.2, 0.25) is 0 Å². The van der Waals surface area contributed by atoms with Crippen molar-refractivity contribution in [1.82, 2.24) is 41.3 Å². The molecular formula is C70H96N8O4P2. The van der Waals surface area contributed by atoms with Crippen LogP contribution in [0, 0.1) is 21.7 Å². The van der Waals surface area contributed by atoms with Crippen LogP contribution in [0.5, 0.6) is 0 Å². The molecular weight excluding hydrogens is 1080 g/mol. The van der Waals surface area contributed by atoms with Crippen molar-refractivity contribution in [2.24, 2.45) is 21.7 Å². The Morgan fingerprint density at radius 3 is 0.738 bits per heavy atom. The van der Waals surface area contributed by atoms with Gasteiger partial charge in [0.1, 0.15) is 0 Å². The molecule has 4 aliphatic heterocycles. The molecule has 0 radical (unpaired) electrons. The van der Waals surface area contributed by atoms with Crippen molar-refractivity contribution in [1.29, 1.82) is 0 Å². The van der Waals surface area contributed by atoms with Crippen LogP contribution < -0.4 is 31.9 Å². The fraction of sp³-hybridized carbons (Fsp3) is 0.514. The highest BCUT2D eigenvalue weighted by molar-refractivity contribution is 7.72. The Labute approximate surface area is 505 Å². The van der Waals surface area contributed by atoms with Crippen molar-refractivity contribution in [3.8, 4) is 0 Å². The number of nitrogens with one attached hydrogen (secondary N) is 4. The molecule has 9 rings (SSSR count). The van der Waals surface area contributed by atoms with Crippen molar-refractivity contribution in [3.05, 3.63) is 166 Å². The van der Waals surface area contributed by atoms with Gasteiger partial charge in [0.15, 0.2) is 0 Å². The lowest BCUT2D eigenvalue weighted by molar-refractivity contribution is -0.0533. The van der Waals surface area contributed by atoms with Crippen molar-refractivity contribution in [2.75, 3.05) is 26.2 Å². The normalized spacial score (nSPS) is 23.4. The number of benzene rings is 5. The minimum atomic E-state index is -1.45. The summed E-state index contributed by atoms with van der Waals surface area (Å²) in [7, 11) is -2.90. The predicted octanol–water partition coefficient (Wildman–Crippen LogP) is 14.0. The summed E-state index contributed by atoms with van der Waals surface area (Å²) < 4.78 is 0. The molecule has 8 unspecified atom stereocenters. The lowest BCUT2D eigenvalue weighted by atomic mass is 9.88. The van der Waals surface area contributed by atoms with Gasteiger partial charge in [0, 0.05) is 72.6 Å². The summed E-state index contributed by atoms with van der Waals surface area (Å²) in [6, 6.07) is 41.6. The van der Waals surface area contributed by atoms with Crippen LogP contribution in [0.25, 0.3) is 0 Å². The van der Waals surface area contributed by atoms with Gasteiger partial charge in [-0.25, -0.2) is 20.0 Å². The SMILES string of the molecule is CC(NC(=O)c1ccccc1C1N2CCCCN2C(c2ccccc2C(=O)NC(C)C(C)(C)C)P1c1ccccc1P1C(c2ccccc2C(=O)NC(C)C(C)(C)C)N2CCCCN2C1c1ccccc1C(=O)NC(C)C(C)(C)C)C(C)(C)C. The van der Waals surface area contributed by atoms with Gasteiger partial charge in [0.25, 0.3) is 23.6 Å². The lowest BCUT2D eigenvalue weighted by Gasteiger charge is -2.38. The molecule has 12 nitrogen and oxygen atoms in total. The Bertz CT molecular complexity index is 2800. The van der Waals surface area contributed by atoms with Crippen molar-refractivity contribution >= 4 is 50.1 Å². The fourth-order valence-corrected chi connectivity index (χ4v) is 19.6. The number of hydrazine groups is 2. The van der Waals surface area contributed by atoms with Crippen molar-refractivity contribution < 1.29 is 19.2 Å². The molecule has 0 bridgehead atoms. The summed E-state index contributed by atoms with van der Waals surface area (Å²) in [4.78, 5) is 60.5. The number of nitrogens with zero attached hydrogens (tertiary/aromatic N) is 4. The summed E-state index contributed by atoms with van der Waals surface area (Å²) in [5.41, 5.74) is 5.75. The number of hydrogen-bond donors (Lipinski definition) is 4. The molecule has 14 heteroatoms. The van der Waals surface area contributed by atoms with E-state index in [9.17, 15) is 0 Å². The number of hydrogen-bond acceptors (Lipinski definition) is 8. The monoisotopic (exact) mass is 1170 g/mol. The first-order chi connectivity index (χ1) is 39.6. The van der Waals surface area contributed by atoms with Crippen LogP contribution in [0.3, 0.4) is 0 Å². The third-order valence-electron chi connectivity index (χ3n) is 18.9. The Balaban J connectivity index is 1.34. The van der Waals surface area contributed by atoms with Crippen LogP contribution in [0.1, 0.15) is 223 Å². The van der Waals surface area contributed by atoms with Gasteiger partial charge in [-0.1, -0.05) is 180 Å². The molecule has 0 aliphatic carbocycles. The maximum Gasteiger partial charge on any atom is 0.251 e. The first-order valence-electron chi connectivity index (χ1n) is 30.9. The van der Waals surface area contributed by atoms with Gasteiger partial charge in [0.2, 0.25) is 0 Å². The van der Waals surface area contributed by atoms with Gasteiger partial charge in [0.05, 0.1) is 23.1 Å². The van der Waals surface area contributed by atoms with E-state index in [2.05, 4.69) is 225 Å². The average Bonchev–Trinajstić information content (AvgIpc) is 1.60. The molecule has 0 spiro atoms. The minimum Gasteiger partial charge on any atom is -0.349 e. The van der Waals surface area contributed by atoms with Crippen LogP contribution in [-0.4, -0.2) is 94.0 Å². The second-order valence-electron chi connectivity index (χ2n) is 28.5. The molecule has 4 amide bonds. The van der Waals surface area contributed by atoms with Gasteiger partial charge in [-0.2, -0.15) is 0 Å². The highest BCUT2D eigenvalue weighted by Crippen LogP contribution is 2.74. The molecule has 4 N–H and O–H groups in total. The van der Waals surface area contributed by atoms with E-state index in [0.717, 1.165) is 74.1 Å². The summed E-state index contributed by atoms with van der Waals surface area (Å²) in [5.74, 6) is -1.54. The zero-order valence-corrected chi connectivity index (χ0v) is 54.9. The molecule has 8 atom stereocenters. The first kappa shape index (κ1) is 63.2. The first-order valence-corrected chi connectivity index (χ1v) is 33.9. The molecule has 4 saturated heterocycles. The highest BCUT2D eigenvalue weighted by atomic mass is 31.1. The molecule has 0 aromatic heterocycles. The van der Waals surface area contributed by atoms with E-state index in [1.165, 1.54) is 10.6 Å². The molecule has 450 valence electrons. The summed E-state index contributed by atoms with van der Waals surface area (Å²) in [5, 5.41) is 26.4. The van der Waals surface area contributed by atoms with Crippen LogP contribution in [0.15, 0.2) is 121 Å². The largest absolute Gasteiger partial charge is 0.349 e. The number of amides is 4. The van der Waals surface area contributed by atoms with Crippen LogP contribution in [-0.2, 0) is 0 Å². The second kappa shape index (κ2) is 25.2. The van der Waals surface area contributed by atoms with Gasteiger partial charge < -0.3 is 21.3 Å².